The van der Waals surface area contributed by atoms with Crippen molar-refractivity contribution in [2.45, 2.75) is 26.3 Å². The van der Waals surface area contributed by atoms with Crippen LogP contribution in [0.1, 0.15) is 25.5 Å². The molecule has 1 heterocycles. The first-order valence-corrected chi connectivity index (χ1v) is 6.22. The molecule has 0 aliphatic rings. The Labute approximate surface area is 104 Å². The lowest BCUT2D eigenvalue weighted by Crippen LogP contribution is -2.30. The van der Waals surface area contributed by atoms with Crippen molar-refractivity contribution in [2.24, 2.45) is 5.73 Å². The topological polar surface area (TPSA) is 51.4 Å². The highest BCUT2D eigenvalue weighted by Crippen LogP contribution is 2.09. The first-order chi connectivity index (χ1) is 8.30. The van der Waals surface area contributed by atoms with E-state index in [1.807, 2.05) is 18.2 Å². The molecule has 0 bridgehead atoms. The Bertz CT molecular complexity index is 317. The average molecular weight is 237 g/mol. The monoisotopic (exact) mass is 237 g/mol. The van der Waals surface area contributed by atoms with Crippen LogP contribution in [0, 0.1) is 0 Å². The predicted molar refractivity (Wildman–Crippen MR) is 70.0 cm³/mol. The first-order valence-electron chi connectivity index (χ1n) is 6.22. The van der Waals surface area contributed by atoms with Crippen LogP contribution in [0.4, 0.5) is 0 Å². The van der Waals surface area contributed by atoms with Crippen molar-refractivity contribution in [3.8, 4) is 5.88 Å². The van der Waals surface area contributed by atoms with Gasteiger partial charge in [0.1, 0.15) is 0 Å². The van der Waals surface area contributed by atoms with E-state index in [0.29, 0.717) is 12.4 Å². The number of nitrogens with zero attached hydrogens (tertiary/aromatic N) is 2. The molecule has 96 valence electrons. The maximum atomic E-state index is 5.62. The highest BCUT2D eigenvalue weighted by molar-refractivity contribution is 5.15. The molecule has 0 amide bonds. The van der Waals surface area contributed by atoms with Gasteiger partial charge < -0.3 is 10.5 Å². The fraction of sp³-hybridized carbons (Fsp3) is 0.615. The number of hydrogen-bond donors (Lipinski definition) is 1. The Hall–Kier alpha value is -1.13. The van der Waals surface area contributed by atoms with E-state index < -0.39 is 0 Å². The number of nitrogens with two attached hydrogens (primary N) is 1. The molecule has 0 spiro atoms. The molecule has 1 rings (SSSR count). The number of aromatic nitrogens is 1. The molecule has 4 heteroatoms. The van der Waals surface area contributed by atoms with Gasteiger partial charge in [0, 0.05) is 25.7 Å². The summed E-state index contributed by atoms with van der Waals surface area (Å²) in [7, 11) is 1.64. The third kappa shape index (κ3) is 5.15. The number of pyridine rings is 1. The van der Waals surface area contributed by atoms with Gasteiger partial charge in [-0.3, -0.25) is 4.90 Å². The summed E-state index contributed by atoms with van der Waals surface area (Å²) in [5, 5.41) is 0. The number of unbranched alkanes of at least 4 members (excludes halogenated alkanes) is 1. The predicted octanol–water partition coefficient (Wildman–Crippen LogP) is 1.65. The standard InChI is InChI=1S/C13H23N3O/c1-3-4-9-16(10-8-14)11-12-6-5-7-13(15-12)17-2/h5-7H,3-4,8-11,14H2,1-2H3. The molecule has 17 heavy (non-hydrogen) atoms. The second-order valence-electron chi connectivity index (χ2n) is 4.09. The number of hydrogen-bond acceptors (Lipinski definition) is 4. The summed E-state index contributed by atoms with van der Waals surface area (Å²) in [5.41, 5.74) is 6.66. The first kappa shape index (κ1) is 13.9. The molecule has 1 aromatic rings. The molecule has 0 aromatic carbocycles. The SMILES string of the molecule is CCCCN(CCN)Cc1cccc(OC)n1. The van der Waals surface area contributed by atoms with E-state index in [1.54, 1.807) is 7.11 Å². The van der Waals surface area contributed by atoms with E-state index in [0.717, 1.165) is 25.3 Å². The molecule has 2 N–H and O–H groups in total. The molecular formula is C13H23N3O. The highest BCUT2D eigenvalue weighted by Gasteiger charge is 2.06. The molecule has 0 unspecified atom stereocenters. The molecule has 4 nitrogen and oxygen atoms in total. The number of ether oxygens (including phenoxy) is 1. The number of methoxy groups -OCH3 is 1. The van der Waals surface area contributed by atoms with Crippen LogP contribution in [-0.2, 0) is 6.54 Å². The van der Waals surface area contributed by atoms with Gasteiger partial charge in [0.05, 0.1) is 12.8 Å². The quantitative estimate of drug-likeness (QED) is 0.747. The Morgan fingerprint density at radius 3 is 2.82 bits per heavy atom. The maximum Gasteiger partial charge on any atom is 0.213 e. The molecule has 0 aliphatic heterocycles. The van der Waals surface area contributed by atoms with Gasteiger partial charge in [-0.1, -0.05) is 19.4 Å². The van der Waals surface area contributed by atoms with Crippen LogP contribution in [0.25, 0.3) is 0 Å². The molecule has 0 fully saturated rings. The summed E-state index contributed by atoms with van der Waals surface area (Å²) < 4.78 is 5.12. The van der Waals surface area contributed by atoms with Gasteiger partial charge in [-0.25, -0.2) is 4.98 Å². The van der Waals surface area contributed by atoms with E-state index in [1.165, 1.54) is 12.8 Å². The lowest BCUT2D eigenvalue weighted by atomic mass is 10.2. The minimum absolute atomic E-state index is 0.672. The molecule has 1 aromatic heterocycles. The lowest BCUT2D eigenvalue weighted by molar-refractivity contribution is 0.264. The highest BCUT2D eigenvalue weighted by atomic mass is 16.5. The van der Waals surface area contributed by atoms with Gasteiger partial charge in [-0.05, 0) is 19.0 Å². The summed E-state index contributed by atoms with van der Waals surface area (Å²) in [5.74, 6) is 0.672. The van der Waals surface area contributed by atoms with Crippen molar-refractivity contribution in [1.82, 2.24) is 9.88 Å². The van der Waals surface area contributed by atoms with Gasteiger partial charge in [0.2, 0.25) is 5.88 Å². The van der Waals surface area contributed by atoms with Crippen LogP contribution < -0.4 is 10.5 Å². The molecular weight excluding hydrogens is 214 g/mol. The molecule has 0 radical (unpaired) electrons. The van der Waals surface area contributed by atoms with Crippen molar-refractivity contribution < 1.29 is 4.74 Å². The zero-order chi connectivity index (χ0) is 12.5. The van der Waals surface area contributed by atoms with Gasteiger partial charge in [0.15, 0.2) is 0 Å². The Morgan fingerprint density at radius 2 is 2.18 bits per heavy atom. The summed E-state index contributed by atoms with van der Waals surface area (Å²) in [6.45, 7) is 5.72. The van der Waals surface area contributed by atoms with Crippen molar-refractivity contribution in [3.63, 3.8) is 0 Å². The third-order valence-electron chi connectivity index (χ3n) is 2.65. The van der Waals surface area contributed by atoms with Crippen molar-refractivity contribution >= 4 is 0 Å². The summed E-state index contributed by atoms with van der Waals surface area (Å²) in [4.78, 5) is 6.76. The largest absolute Gasteiger partial charge is 0.481 e. The van der Waals surface area contributed by atoms with Gasteiger partial charge in [-0.15, -0.1) is 0 Å². The van der Waals surface area contributed by atoms with Crippen LogP contribution in [0.3, 0.4) is 0 Å². The Balaban J connectivity index is 2.57. The van der Waals surface area contributed by atoms with E-state index in [2.05, 4.69) is 16.8 Å². The lowest BCUT2D eigenvalue weighted by Gasteiger charge is -2.20. The van der Waals surface area contributed by atoms with E-state index >= 15 is 0 Å². The van der Waals surface area contributed by atoms with Crippen molar-refractivity contribution in [1.29, 1.82) is 0 Å². The van der Waals surface area contributed by atoms with Crippen LogP contribution >= 0.6 is 0 Å². The summed E-state index contributed by atoms with van der Waals surface area (Å²) in [6.07, 6.45) is 2.40. The zero-order valence-corrected chi connectivity index (χ0v) is 10.9. The number of rotatable bonds is 8. The normalized spacial score (nSPS) is 10.8. The van der Waals surface area contributed by atoms with Gasteiger partial charge in [0.25, 0.3) is 0 Å². The minimum atomic E-state index is 0.672. The average Bonchev–Trinajstić information content (AvgIpc) is 2.36. The van der Waals surface area contributed by atoms with Crippen LogP contribution in [0.2, 0.25) is 0 Å². The van der Waals surface area contributed by atoms with Crippen LogP contribution in [0.5, 0.6) is 5.88 Å². The third-order valence-corrected chi connectivity index (χ3v) is 2.65. The second-order valence-corrected chi connectivity index (χ2v) is 4.09. The van der Waals surface area contributed by atoms with Crippen molar-refractivity contribution in [2.75, 3.05) is 26.7 Å². The van der Waals surface area contributed by atoms with Gasteiger partial charge >= 0.3 is 0 Å². The summed E-state index contributed by atoms with van der Waals surface area (Å²) in [6, 6.07) is 5.86. The maximum absolute atomic E-state index is 5.62. The Morgan fingerprint density at radius 1 is 1.35 bits per heavy atom. The fourth-order valence-corrected chi connectivity index (χ4v) is 1.72. The Kier molecular flexibility index (Phi) is 6.58. The van der Waals surface area contributed by atoms with E-state index in [-0.39, 0.29) is 0 Å². The molecule has 0 atom stereocenters. The van der Waals surface area contributed by atoms with Crippen LogP contribution in [0.15, 0.2) is 18.2 Å². The van der Waals surface area contributed by atoms with Crippen molar-refractivity contribution in [3.05, 3.63) is 23.9 Å². The van der Waals surface area contributed by atoms with E-state index in [4.69, 9.17) is 10.5 Å². The van der Waals surface area contributed by atoms with Gasteiger partial charge in [-0.2, -0.15) is 0 Å². The zero-order valence-electron chi connectivity index (χ0n) is 10.9. The summed E-state index contributed by atoms with van der Waals surface area (Å²) >= 11 is 0. The molecule has 0 saturated heterocycles. The molecule has 0 saturated carbocycles. The van der Waals surface area contributed by atoms with Crippen LogP contribution in [-0.4, -0.2) is 36.6 Å². The molecule has 0 aliphatic carbocycles. The minimum Gasteiger partial charge on any atom is -0.481 e. The van der Waals surface area contributed by atoms with E-state index in [9.17, 15) is 0 Å². The second kappa shape index (κ2) is 8.03. The smallest absolute Gasteiger partial charge is 0.213 e. The fourth-order valence-electron chi connectivity index (χ4n) is 1.72.